The lowest BCUT2D eigenvalue weighted by molar-refractivity contribution is -0.139. The van der Waals surface area contributed by atoms with Gasteiger partial charge >= 0.3 is 5.97 Å². The molecule has 0 fully saturated rings. The molecule has 0 aliphatic carbocycles. The molecule has 8 nitrogen and oxygen atoms in total. The standard InChI is InChI=1S/C34H31Br2FN2O6S/c1-5-9-25-29(33(41)44-6-2)30(22-17-21(35)12-13-26(22)42-3)39-32(40)28(46-34(39)38-25)16-19-14-23(36)31(27(15-19)43-4)45-18-20-10-7-8-11-24(20)37/h7-8,10-17,30H,5-6,9,18H2,1-4H3/b28-16+/t30-/m1/s1. The Kier molecular flexibility index (Phi) is 10.8. The molecule has 0 N–H and O–H groups in total. The molecule has 2 heterocycles. The second-order valence-corrected chi connectivity index (χ2v) is 13.0. The summed E-state index contributed by atoms with van der Waals surface area (Å²) in [6, 6.07) is 14.6. The zero-order valence-electron chi connectivity index (χ0n) is 25.6. The number of carbonyl (C=O) groups is 1. The normalized spacial score (nSPS) is 14.5. The zero-order chi connectivity index (χ0) is 33.0. The van der Waals surface area contributed by atoms with E-state index in [9.17, 15) is 14.0 Å². The quantitative estimate of drug-likeness (QED) is 0.155. The third-order valence-electron chi connectivity index (χ3n) is 7.26. The minimum absolute atomic E-state index is 0.00152. The van der Waals surface area contributed by atoms with E-state index in [4.69, 9.17) is 23.9 Å². The van der Waals surface area contributed by atoms with Crippen molar-refractivity contribution in [1.29, 1.82) is 0 Å². The highest BCUT2D eigenvalue weighted by molar-refractivity contribution is 9.10. The van der Waals surface area contributed by atoms with E-state index in [0.717, 1.165) is 10.9 Å². The zero-order valence-corrected chi connectivity index (χ0v) is 29.6. The summed E-state index contributed by atoms with van der Waals surface area (Å²) >= 11 is 8.32. The fraction of sp³-hybridized carbons (Fsp3) is 0.265. The molecule has 0 saturated carbocycles. The topological polar surface area (TPSA) is 88.4 Å². The van der Waals surface area contributed by atoms with Crippen molar-refractivity contribution in [2.24, 2.45) is 4.99 Å². The predicted molar refractivity (Wildman–Crippen MR) is 182 cm³/mol. The number of rotatable bonds is 11. The van der Waals surface area contributed by atoms with Gasteiger partial charge < -0.3 is 18.9 Å². The van der Waals surface area contributed by atoms with Crippen molar-refractivity contribution in [2.75, 3.05) is 20.8 Å². The number of hydrogen-bond acceptors (Lipinski definition) is 8. The van der Waals surface area contributed by atoms with Crippen molar-refractivity contribution < 1.29 is 28.1 Å². The maximum Gasteiger partial charge on any atom is 0.338 e. The van der Waals surface area contributed by atoms with Crippen molar-refractivity contribution in [3.8, 4) is 17.2 Å². The Morgan fingerprint density at radius 3 is 2.52 bits per heavy atom. The fourth-order valence-corrected chi connectivity index (χ4v) is 7.19. The van der Waals surface area contributed by atoms with Crippen molar-refractivity contribution in [3.05, 3.63) is 117 Å². The molecule has 1 aliphatic heterocycles. The number of halogens is 3. The van der Waals surface area contributed by atoms with Gasteiger partial charge in [0.05, 0.1) is 41.1 Å². The predicted octanol–water partition coefficient (Wildman–Crippen LogP) is 6.84. The molecule has 0 radical (unpaired) electrons. The van der Waals surface area contributed by atoms with Crippen LogP contribution in [-0.4, -0.2) is 31.4 Å². The lowest BCUT2D eigenvalue weighted by Crippen LogP contribution is -2.40. The number of fused-ring (bicyclic) bond motifs is 1. The second-order valence-electron chi connectivity index (χ2n) is 10.2. The second kappa shape index (κ2) is 14.8. The largest absolute Gasteiger partial charge is 0.496 e. The Morgan fingerprint density at radius 2 is 1.83 bits per heavy atom. The minimum atomic E-state index is -0.832. The number of nitrogens with zero attached hydrogens (tertiary/aromatic N) is 2. The molecule has 0 spiro atoms. The van der Waals surface area contributed by atoms with Crippen LogP contribution in [0.25, 0.3) is 6.08 Å². The number of aromatic nitrogens is 1. The van der Waals surface area contributed by atoms with Crippen LogP contribution in [-0.2, 0) is 16.1 Å². The number of esters is 1. The van der Waals surface area contributed by atoms with Crippen LogP contribution in [0.4, 0.5) is 4.39 Å². The first-order valence-electron chi connectivity index (χ1n) is 14.5. The third kappa shape index (κ3) is 6.84. The molecule has 1 atom stereocenters. The maximum absolute atomic E-state index is 14.2. The van der Waals surface area contributed by atoms with Gasteiger partial charge in [-0.3, -0.25) is 9.36 Å². The number of benzene rings is 3. The van der Waals surface area contributed by atoms with E-state index < -0.39 is 12.0 Å². The molecular weight excluding hydrogens is 743 g/mol. The Morgan fingerprint density at radius 1 is 1.07 bits per heavy atom. The van der Waals surface area contributed by atoms with E-state index in [2.05, 4.69) is 31.9 Å². The van der Waals surface area contributed by atoms with Gasteiger partial charge in [0.15, 0.2) is 16.3 Å². The minimum Gasteiger partial charge on any atom is -0.496 e. The van der Waals surface area contributed by atoms with Gasteiger partial charge in [0, 0.05) is 15.6 Å². The summed E-state index contributed by atoms with van der Waals surface area (Å²) in [5.74, 6) is 0.417. The van der Waals surface area contributed by atoms with Crippen LogP contribution >= 0.6 is 43.2 Å². The molecule has 4 aromatic rings. The molecule has 1 aliphatic rings. The molecule has 0 saturated heterocycles. The van der Waals surface area contributed by atoms with Crippen LogP contribution in [0, 0.1) is 5.82 Å². The molecule has 5 rings (SSSR count). The summed E-state index contributed by atoms with van der Waals surface area (Å²) in [6.07, 6.45) is 2.99. The van der Waals surface area contributed by atoms with Gasteiger partial charge in [0.2, 0.25) is 0 Å². The van der Waals surface area contributed by atoms with E-state index in [1.54, 1.807) is 56.5 Å². The highest BCUT2D eigenvalue weighted by atomic mass is 79.9. The maximum atomic E-state index is 14.2. The van der Waals surface area contributed by atoms with E-state index in [1.807, 2.05) is 19.1 Å². The summed E-state index contributed by atoms with van der Waals surface area (Å²) in [5, 5.41) is 0. The van der Waals surface area contributed by atoms with Gasteiger partial charge in [-0.1, -0.05) is 58.8 Å². The Hall–Kier alpha value is -3.74. The molecule has 12 heteroatoms. The van der Waals surface area contributed by atoms with Crippen molar-refractivity contribution >= 4 is 55.2 Å². The molecule has 0 unspecified atom stereocenters. The highest BCUT2D eigenvalue weighted by Crippen LogP contribution is 2.39. The molecule has 46 heavy (non-hydrogen) atoms. The molecule has 0 bridgehead atoms. The molecule has 0 amide bonds. The monoisotopic (exact) mass is 772 g/mol. The van der Waals surface area contributed by atoms with Crippen molar-refractivity contribution in [3.63, 3.8) is 0 Å². The first-order valence-corrected chi connectivity index (χ1v) is 16.9. The van der Waals surface area contributed by atoms with Crippen LogP contribution in [0.5, 0.6) is 17.2 Å². The van der Waals surface area contributed by atoms with E-state index in [0.29, 0.717) is 65.4 Å². The Bertz CT molecular complexity index is 2010. The summed E-state index contributed by atoms with van der Waals surface area (Å²) in [6.45, 7) is 3.92. The van der Waals surface area contributed by atoms with Crippen LogP contribution in [0.2, 0.25) is 0 Å². The van der Waals surface area contributed by atoms with E-state index >= 15 is 0 Å². The van der Waals surface area contributed by atoms with Gasteiger partial charge in [0.1, 0.15) is 24.2 Å². The molecule has 3 aromatic carbocycles. The summed E-state index contributed by atoms with van der Waals surface area (Å²) in [5.41, 5.74) is 2.23. The van der Waals surface area contributed by atoms with Gasteiger partial charge in [-0.2, -0.15) is 0 Å². The van der Waals surface area contributed by atoms with Gasteiger partial charge in [0.25, 0.3) is 5.56 Å². The van der Waals surface area contributed by atoms with Gasteiger partial charge in [-0.15, -0.1) is 0 Å². The van der Waals surface area contributed by atoms with Gasteiger partial charge in [-0.05, 0) is 77.3 Å². The third-order valence-corrected chi connectivity index (χ3v) is 9.32. The lowest BCUT2D eigenvalue weighted by atomic mass is 9.93. The average molecular weight is 775 g/mol. The Labute approximate surface area is 286 Å². The fourth-order valence-electron chi connectivity index (χ4n) is 5.21. The smallest absolute Gasteiger partial charge is 0.338 e. The first-order chi connectivity index (χ1) is 22.2. The number of carbonyl (C=O) groups excluding carboxylic acids is 1. The number of hydrogen-bond donors (Lipinski definition) is 0. The van der Waals surface area contributed by atoms with E-state index in [-0.39, 0.29) is 24.6 Å². The number of allylic oxidation sites excluding steroid dienone is 1. The number of thiazole rings is 1. The molecule has 240 valence electrons. The van der Waals surface area contributed by atoms with Crippen LogP contribution in [0.1, 0.15) is 49.4 Å². The average Bonchev–Trinajstić information content (AvgIpc) is 3.34. The Balaban J connectivity index is 1.65. The van der Waals surface area contributed by atoms with Gasteiger partial charge in [-0.25, -0.2) is 14.2 Å². The summed E-state index contributed by atoms with van der Waals surface area (Å²) < 4.78 is 40.2. The molecule has 1 aromatic heterocycles. The summed E-state index contributed by atoms with van der Waals surface area (Å²) in [7, 11) is 3.05. The number of ether oxygens (including phenoxy) is 4. The van der Waals surface area contributed by atoms with Crippen LogP contribution in [0.3, 0.4) is 0 Å². The SMILES string of the molecule is CCCC1=C(C(=O)OCC)[C@@H](c2cc(Br)ccc2OC)n2c(s/c(=C/c3cc(Br)c(OCc4ccccc4F)c(OC)c3)c2=O)=N1. The first kappa shape index (κ1) is 33.6. The van der Waals surface area contributed by atoms with Crippen LogP contribution in [0.15, 0.2) is 84.6 Å². The van der Waals surface area contributed by atoms with Crippen molar-refractivity contribution in [1.82, 2.24) is 4.57 Å². The highest BCUT2D eigenvalue weighted by Gasteiger charge is 2.36. The number of methoxy groups -OCH3 is 2. The summed E-state index contributed by atoms with van der Waals surface area (Å²) in [4.78, 5) is 33.0. The molecular formula is C34H31Br2FN2O6S. The van der Waals surface area contributed by atoms with E-state index in [1.165, 1.54) is 29.1 Å². The van der Waals surface area contributed by atoms with Crippen molar-refractivity contribution in [2.45, 2.75) is 39.3 Å². The van der Waals surface area contributed by atoms with Crippen LogP contribution < -0.4 is 29.1 Å². The lowest BCUT2D eigenvalue weighted by Gasteiger charge is -2.27.